The molecule has 22 nitrogen and oxygen atoms in total. The van der Waals surface area contributed by atoms with Crippen molar-refractivity contribution in [2.24, 2.45) is 0 Å². The molecule has 0 radical (unpaired) electrons. The minimum Gasteiger partial charge on any atom is -0.494 e. The first kappa shape index (κ1) is 126. The number of H-pyrrole nitrogens is 1. The van der Waals surface area contributed by atoms with Crippen molar-refractivity contribution in [1.29, 1.82) is 11.1 Å². The summed E-state index contributed by atoms with van der Waals surface area (Å²) in [5.41, 5.74) is 15.5. The van der Waals surface area contributed by atoms with E-state index in [1.807, 2.05) is 77.9 Å². The van der Waals surface area contributed by atoms with Gasteiger partial charge in [-0.3, -0.25) is 29.6 Å². The standard InChI is InChI=1S/C27H34F3N3O2.C25H35NO3.C19H31BO3.C7H6BrNO.C5H3Br2N.C4H8O.C4H9.C3H6O.2C2H6O.ClH.Li.H2N2.H2O.H2/c1-3-5-7-9-16-34-23-12-11-13-24(35-17-10-8-6-4-2)26(23)20-14-15-21(31-19-20)22-18-25(33-32-22)27(28,29)30;1-4-6-8-10-17-28-23-13-12-14-24(29-18-11-9-7-5-2)25(23)21-15-16-22(20(3)27)26-19-21;1-7-8-9-10-14-21-16-13-11-12-15(2)17(16)20-22-18(3,4)19(5,6)23-20;1-5(10)7-3-2-6(8)4-9-7;6-4-1-2-5(7)8-3-4;1-2-4-5-3-1;1-3-4-2;1-3(2)4;2*1-2-3;;;1-2;;/h11-15,18-19H,3-10,16-17H2,1-2H3,(H,32,33);12-16,19H,4-11,17-18H2,1-3H3;11-13H,7-10,14H2,1-6H3;2-4H,1H3;1-3H;1-4H2;1,3-4H2,2H3;1-2H3;2*3H,2H2,1H3;1H;;1-2H;1H2;1H/q;;;;;;-1;;;;;+1;;;/i;;;;;;;1D;;;;;;;. The zero-order valence-corrected chi connectivity index (χ0v) is 85.4. The third-order valence-corrected chi connectivity index (χ3v) is 20.0. The van der Waals surface area contributed by atoms with E-state index in [0.717, 1.165) is 154 Å². The van der Waals surface area contributed by atoms with Crippen LogP contribution in [0.3, 0.4) is 0 Å². The summed E-state index contributed by atoms with van der Waals surface area (Å²) >= 11 is 9.70. The van der Waals surface area contributed by atoms with E-state index in [9.17, 15) is 27.6 Å². The van der Waals surface area contributed by atoms with Crippen LogP contribution in [0.2, 0.25) is 0 Å². The summed E-state index contributed by atoms with van der Waals surface area (Å²) in [6.07, 6.45) is 30.0. The van der Waals surface area contributed by atoms with Crippen molar-refractivity contribution in [1.82, 2.24) is 30.1 Å². The Morgan fingerprint density at radius 3 is 1.15 bits per heavy atom. The fraction of sp³-hybridized carbons (Fsp3) is 0.541. The molecule has 5 aromatic heterocycles. The predicted molar refractivity (Wildman–Crippen MR) is 529 cm³/mol. The molecule has 7 heterocycles. The number of benzene rings is 3. The van der Waals surface area contributed by atoms with Crippen LogP contribution in [-0.2, 0) is 25.0 Å². The Bertz CT molecular complexity index is 4050. The first-order valence-corrected chi connectivity index (χ1v) is 46.7. The number of Topliss-reactive ketones (excluding diaryl/α,β-unsaturated/α-hetero) is 3. The number of nitrogens with zero attached hydrogens (tertiary/aromatic N) is 5. The maximum Gasteiger partial charge on any atom is 1.00 e. The Morgan fingerprint density at radius 1 is 0.527 bits per heavy atom. The van der Waals surface area contributed by atoms with Gasteiger partial charge in [-0.1, -0.05) is 181 Å². The van der Waals surface area contributed by atoms with Crippen LogP contribution in [0.5, 0.6) is 28.7 Å². The van der Waals surface area contributed by atoms with E-state index in [4.69, 9.17) is 60.4 Å². The van der Waals surface area contributed by atoms with E-state index < -0.39 is 11.9 Å². The predicted octanol–water partition coefficient (Wildman–Crippen LogP) is 24.3. The van der Waals surface area contributed by atoms with Gasteiger partial charge in [0.25, 0.3) is 0 Å². The zero-order chi connectivity index (χ0) is 95.3. The quantitative estimate of drug-likeness (QED) is 0.00603. The number of ketones is 3. The number of nitrogens with one attached hydrogen (secondary N) is 3. The first-order valence-electron chi connectivity index (χ1n) is 45.0. The number of carbonyl (C=O) groups excluding carboxylic acids is 3. The molecule has 2 aliphatic heterocycles. The van der Waals surface area contributed by atoms with Gasteiger partial charge >= 0.3 is 32.2 Å². The maximum absolute atomic E-state index is 12.9. The van der Waals surface area contributed by atoms with Gasteiger partial charge in [-0.25, -0.2) is 16.0 Å². The van der Waals surface area contributed by atoms with E-state index in [0.29, 0.717) is 55.0 Å². The summed E-state index contributed by atoms with van der Waals surface area (Å²) in [5.74, 6) is 3.80. The zero-order valence-electron chi connectivity index (χ0n) is 80.8. The maximum atomic E-state index is 12.9. The van der Waals surface area contributed by atoms with Gasteiger partial charge in [0.15, 0.2) is 11.6 Å². The van der Waals surface area contributed by atoms with E-state index >= 15 is 0 Å². The minimum atomic E-state index is -4.48. The van der Waals surface area contributed by atoms with E-state index in [1.54, 1.807) is 62.9 Å². The number of hydrogen-bond acceptors (Lipinski definition) is 20. The number of ether oxygens (including phenoxy) is 6. The molecule has 2 fully saturated rings. The van der Waals surface area contributed by atoms with Gasteiger partial charge in [-0.15, -0.1) is 12.4 Å². The van der Waals surface area contributed by atoms with E-state index in [-0.39, 0.29) is 99.6 Å². The van der Waals surface area contributed by atoms with Crippen molar-refractivity contribution in [3.63, 3.8) is 0 Å². The molecule has 3 aromatic carbocycles. The normalized spacial score (nSPS) is 12.0. The van der Waals surface area contributed by atoms with Gasteiger partial charge in [-0.05, 0) is 233 Å². The average molecular weight is 2020 g/mol. The third kappa shape index (κ3) is 56.6. The number of aliphatic hydroxyl groups excluding tert-OH is 2. The molecule has 10 rings (SSSR count). The third-order valence-electron chi connectivity index (χ3n) is 18.6. The number of pyridine rings is 4. The topological polar surface area (TPSA) is 325 Å². The molecule has 0 spiro atoms. The summed E-state index contributed by atoms with van der Waals surface area (Å²) in [5, 5.41) is 20.9. The smallest absolute Gasteiger partial charge is 0.494 e. The second kappa shape index (κ2) is 78.5. The molecular formula is C98H151BBr3ClF3LiN8O14. The molecule has 0 saturated carbocycles. The Labute approximate surface area is 816 Å². The minimum absolute atomic E-state index is 0. The molecule has 2 saturated heterocycles. The van der Waals surface area contributed by atoms with Crippen LogP contribution >= 0.6 is 60.2 Å². The van der Waals surface area contributed by atoms with Crippen LogP contribution in [0.4, 0.5) is 13.2 Å². The van der Waals surface area contributed by atoms with Crippen molar-refractivity contribution in [3.05, 3.63) is 177 Å². The first-order chi connectivity index (χ1) is 60.9. The molecule has 0 aliphatic carbocycles. The molecule has 720 valence electrons. The van der Waals surface area contributed by atoms with Gasteiger partial charge in [-0.2, -0.15) is 24.7 Å². The molecule has 31 heteroatoms. The number of unbranched alkanes of at least 4 members (excludes halogenated alkanes) is 16. The van der Waals surface area contributed by atoms with Crippen molar-refractivity contribution in [2.45, 2.75) is 289 Å². The molecule has 0 atom stereocenters. The summed E-state index contributed by atoms with van der Waals surface area (Å²) in [6, 6.07) is 33.2. The summed E-state index contributed by atoms with van der Waals surface area (Å²) in [4.78, 5) is 48.4. The second-order valence-corrected chi connectivity index (χ2v) is 32.8. The van der Waals surface area contributed by atoms with Gasteiger partial charge in [0.05, 0.1) is 61.1 Å². The molecule has 7 N–H and O–H groups in total. The second-order valence-electron chi connectivity index (χ2n) is 30.2. The summed E-state index contributed by atoms with van der Waals surface area (Å²) in [6.45, 7) is 40.6. The molecule has 2 aliphatic rings. The van der Waals surface area contributed by atoms with Crippen molar-refractivity contribution in [2.75, 3.05) is 59.5 Å². The van der Waals surface area contributed by atoms with Crippen molar-refractivity contribution >= 4 is 90.1 Å². The van der Waals surface area contributed by atoms with Crippen LogP contribution < -0.4 is 48.0 Å². The number of alkyl halides is 3. The number of aliphatic hydroxyl groups is 2. The summed E-state index contributed by atoms with van der Waals surface area (Å²) < 4.78 is 95.7. The van der Waals surface area contributed by atoms with Gasteiger partial charge in [0.2, 0.25) is 0 Å². The molecule has 0 amide bonds. The average Bonchev–Trinajstić information content (AvgIpc) is 1.61. The van der Waals surface area contributed by atoms with Gasteiger partial charge in [0, 0.05) is 93.4 Å². The van der Waals surface area contributed by atoms with E-state index in [1.165, 1.54) is 111 Å². The molecule has 8 aromatic rings. The van der Waals surface area contributed by atoms with E-state index in [2.05, 4.69) is 162 Å². The monoisotopic (exact) mass is 2010 g/mol. The number of aromatic amines is 1. The molecule has 0 bridgehead atoms. The number of hydrogen-bond donors (Lipinski definition) is 5. The SMILES string of the molecule is Brc1ccc(Br)nc1.C1CCOC1.CC(=O)c1ccc(Br)cn1.CCCCCCOc1cccc(C)c1B1OC(C)(C)C(C)(C)O1.CCCCCCOc1cccc(OCCCCCC)c1-c1ccc(-c2cc(C(F)(F)F)[nH]n2)nc1.CCCCCCOc1cccc(OCCCCCC)c1-c1ccc(C(C)=O)nc1.CCO.CCO.Cl.N=N.O.[2H]CC(C)=O.[CH2-]CCC.[HH].[Li+]. The number of rotatable bonds is 37. The van der Waals surface area contributed by atoms with Crippen LogP contribution in [0.15, 0.2) is 148 Å². The van der Waals surface area contributed by atoms with Crippen molar-refractivity contribution in [3.8, 4) is 62.4 Å². The number of carbonyl (C=O) groups is 3. The Hall–Kier alpha value is -6.98. The van der Waals surface area contributed by atoms with Crippen molar-refractivity contribution < 1.29 is 103 Å². The number of halogens is 7. The summed E-state index contributed by atoms with van der Waals surface area (Å²) in [7, 11) is -0.369. The molecule has 0 unspecified atom stereocenters. The molecular weight excluding hydrogens is 1860 g/mol. The van der Waals surface area contributed by atoms with Crippen LogP contribution in [0.1, 0.15) is 300 Å². The van der Waals surface area contributed by atoms with Gasteiger partial charge in [0.1, 0.15) is 61.9 Å². The Balaban J connectivity index is -0.000000497. The largest absolute Gasteiger partial charge is 1.00 e. The van der Waals surface area contributed by atoms with Crippen LogP contribution in [-0.4, -0.2) is 141 Å². The van der Waals surface area contributed by atoms with Crippen LogP contribution in [0, 0.1) is 24.9 Å². The van der Waals surface area contributed by atoms with Crippen LogP contribution in [0.25, 0.3) is 33.6 Å². The fourth-order valence-electron chi connectivity index (χ4n) is 11.2. The Morgan fingerprint density at radius 2 is 0.868 bits per heavy atom. The van der Waals surface area contributed by atoms with Gasteiger partial charge < -0.3 is 65.1 Å². The number of aryl methyl sites for hydroxylation is 1. The Kier molecular flexibility index (Phi) is 76.8. The molecule has 129 heavy (non-hydrogen) atoms. The number of aromatic nitrogens is 6. The fourth-order valence-corrected chi connectivity index (χ4v) is 11.9.